The van der Waals surface area contributed by atoms with Crippen LogP contribution in [-0.4, -0.2) is 51.7 Å². The van der Waals surface area contributed by atoms with Crippen LogP contribution in [0.25, 0.3) is 0 Å². The van der Waals surface area contributed by atoms with Crippen molar-refractivity contribution in [2.75, 3.05) is 51.2 Å². The zero-order valence-electron chi connectivity index (χ0n) is 16.5. The maximum absolute atomic E-state index is 8.82. The summed E-state index contributed by atoms with van der Waals surface area (Å²) in [6, 6.07) is 7.67. The Morgan fingerprint density at radius 1 is 1.30 bits per heavy atom. The molecule has 2 rings (SSSR count). The molecule has 2 aromatic rings. The number of nitrogens with one attached hydrogen (secondary N) is 2. The summed E-state index contributed by atoms with van der Waals surface area (Å²) in [5, 5.41) is 12.1. The number of benzene rings is 1. The average Bonchev–Trinajstić information content (AvgIpc) is 2.67. The topological polar surface area (TPSA) is 70.5 Å². The van der Waals surface area contributed by atoms with Gasteiger partial charge in [-0.2, -0.15) is 0 Å². The largest absolute Gasteiger partial charge is 0.496 e. The van der Waals surface area contributed by atoms with Crippen LogP contribution in [-0.2, 0) is 4.74 Å². The number of likely N-dealkylation sites (N-methyl/N-ethyl adjacent to an activating group) is 1. The highest BCUT2D eigenvalue weighted by molar-refractivity contribution is 9.10. The van der Waals surface area contributed by atoms with Crippen molar-refractivity contribution in [2.24, 2.45) is 0 Å². The second-order valence-electron chi connectivity index (χ2n) is 6.05. The number of hydrogen-bond acceptors (Lipinski definition) is 6. The van der Waals surface area contributed by atoms with Crippen LogP contribution >= 0.6 is 15.9 Å². The van der Waals surface area contributed by atoms with Crippen LogP contribution in [0.2, 0.25) is 0 Å². The fraction of sp³-hybridized carbons (Fsp3) is 0.400. The first-order valence-electron chi connectivity index (χ1n) is 8.82. The molecule has 0 saturated heterocycles. The van der Waals surface area contributed by atoms with Crippen LogP contribution < -0.4 is 15.0 Å². The summed E-state index contributed by atoms with van der Waals surface area (Å²) in [6.45, 7) is 6.28. The van der Waals surface area contributed by atoms with E-state index in [0.29, 0.717) is 29.3 Å². The highest BCUT2D eigenvalue weighted by Crippen LogP contribution is 2.33. The molecule has 0 aliphatic carbocycles. The Hall–Kier alpha value is -2.12. The van der Waals surface area contributed by atoms with Crippen molar-refractivity contribution >= 4 is 33.0 Å². The lowest BCUT2D eigenvalue weighted by Gasteiger charge is -2.27. The molecule has 146 valence electrons. The Labute approximate surface area is 169 Å². The standard InChI is InChI=1S/C20H27BrN4O2/c1-6-25(9-10-26-4)16-11-13(2)24-20(19(16)23-3)18(22)15-8-7-14(21)12-17(15)27-5/h7-8,11-12,22-23H,6,9-10H2,1-5H3. The fourth-order valence-corrected chi connectivity index (χ4v) is 3.32. The van der Waals surface area contributed by atoms with Gasteiger partial charge in [-0.1, -0.05) is 15.9 Å². The second kappa shape index (κ2) is 9.71. The molecular formula is C20H27BrN4O2. The van der Waals surface area contributed by atoms with E-state index in [4.69, 9.17) is 14.9 Å². The first-order valence-corrected chi connectivity index (χ1v) is 9.62. The van der Waals surface area contributed by atoms with Crippen molar-refractivity contribution in [3.8, 4) is 5.75 Å². The van der Waals surface area contributed by atoms with Gasteiger partial charge in [-0.3, -0.25) is 5.41 Å². The summed E-state index contributed by atoms with van der Waals surface area (Å²) in [7, 11) is 5.16. The van der Waals surface area contributed by atoms with E-state index in [-0.39, 0.29) is 0 Å². The molecule has 2 N–H and O–H groups in total. The maximum atomic E-state index is 8.82. The summed E-state index contributed by atoms with van der Waals surface area (Å²) >= 11 is 3.45. The lowest BCUT2D eigenvalue weighted by atomic mass is 10.0. The average molecular weight is 435 g/mol. The molecule has 0 unspecified atom stereocenters. The molecule has 1 aromatic carbocycles. The van der Waals surface area contributed by atoms with E-state index >= 15 is 0 Å². The predicted octanol–water partition coefficient (Wildman–Crippen LogP) is 4.09. The van der Waals surface area contributed by atoms with Crippen LogP contribution in [0.15, 0.2) is 28.7 Å². The molecule has 0 radical (unpaired) electrons. The van der Waals surface area contributed by atoms with E-state index < -0.39 is 0 Å². The van der Waals surface area contributed by atoms with Crippen molar-refractivity contribution in [3.63, 3.8) is 0 Å². The number of aromatic nitrogens is 1. The van der Waals surface area contributed by atoms with Gasteiger partial charge in [0.2, 0.25) is 0 Å². The molecule has 0 bridgehead atoms. The monoisotopic (exact) mass is 434 g/mol. The van der Waals surface area contributed by atoms with Crippen LogP contribution in [0.5, 0.6) is 5.75 Å². The SMILES string of the molecule is CCN(CCOC)c1cc(C)nc(C(=N)c2ccc(Br)cc2OC)c1NC. The lowest BCUT2D eigenvalue weighted by Crippen LogP contribution is -2.28. The van der Waals surface area contributed by atoms with E-state index in [1.165, 1.54) is 0 Å². The molecule has 1 heterocycles. The number of aryl methyl sites for hydroxylation is 1. The van der Waals surface area contributed by atoms with Gasteiger partial charge in [0, 0.05) is 43.0 Å². The molecule has 0 aliphatic heterocycles. The molecule has 6 nitrogen and oxygen atoms in total. The minimum absolute atomic E-state index is 0.316. The van der Waals surface area contributed by atoms with Crippen LogP contribution in [0.3, 0.4) is 0 Å². The smallest absolute Gasteiger partial charge is 0.129 e. The zero-order valence-corrected chi connectivity index (χ0v) is 18.1. The van der Waals surface area contributed by atoms with Crippen LogP contribution in [0.1, 0.15) is 23.9 Å². The third-order valence-electron chi connectivity index (χ3n) is 4.33. The molecule has 0 aliphatic rings. The molecule has 0 fully saturated rings. The Bertz CT molecular complexity index is 811. The summed E-state index contributed by atoms with van der Waals surface area (Å²) < 4.78 is 11.6. The Balaban J connectivity index is 2.58. The molecule has 7 heteroatoms. The van der Waals surface area contributed by atoms with Gasteiger partial charge in [-0.15, -0.1) is 0 Å². The van der Waals surface area contributed by atoms with E-state index in [1.54, 1.807) is 14.2 Å². The van der Waals surface area contributed by atoms with E-state index in [2.05, 4.69) is 38.1 Å². The minimum Gasteiger partial charge on any atom is -0.496 e. The van der Waals surface area contributed by atoms with Crippen LogP contribution in [0.4, 0.5) is 11.4 Å². The van der Waals surface area contributed by atoms with Gasteiger partial charge in [0.05, 0.1) is 30.8 Å². The van der Waals surface area contributed by atoms with Crippen molar-refractivity contribution in [1.82, 2.24) is 4.98 Å². The molecule has 0 atom stereocenters. The van der Waals surface area contributed by atoms with Crippen molar-refractivity contribution in [2.45, 2.75) is 13.8 Å². The summed E-state index contributed by atoms with van der Waals surface area (Å²) in [5.74, 6) is 0.632. The summed E-state index contributed by atoms with van der Waals surface area (Å²) in [6.07, 6.45) is 0. The highest BCUT2D eigenvalue weighted by atomic mass is 79.9. The molecule has 0 spiro atoms. The number of nitrogens with zero attached hydrogens (tertiary/aromatic N) is 2. The normalized spacial score (nSPS) is 10.6. The van der Waals surface area contributed by atoms with Gasteiger partial charge < -0.3 is 19.7 Å². The second-order valence-corrected chi connectivity index (χ2v) is 6.96. The van der Waals surface area contributed by atoms with Gasteiger partial charge in [0.25, 0.3) is 0 Å². The fourth-order valence-electron chi connectivity index (χ4n) is 2.98. The summed E-state index contributed by atoms with van der Waals surface area (Å²) in [5.41, 5.74) is 4.31. The van der Waals surface area contributed by atoms with Crippen LogP contribution in [0, 0.1) is 12.3 Å². The first kappa shape index (κ1) is 21.2. The Morgan fingerprint density at radius 2 is 2.04 bits per heavy atom. The van der Waals surface area contributed by atoms with Crippen molar-refractivity contribution < 1.29 is 9.47 Å². The molecule has 27 heavy (non-hydrogen) atoms. The van der Waals surface area contributed by atoms with Gasteiger partial charge in [0.15, 0.2) is 0 Å². The van der Waals surface area contributed by atoms with Gasteiger partial charge in [-0.25, -0.2) is 4.98 Å². The lowest BCUT2D eigenvalue weighted by molar-refractivity contribution is 0.205. The maximum Gasteiger partial charge on any atom is 0.129 e. The third-order valence-corrected chi connectivity index (χ3v) is 4.83. The number of hydrogen-bond donors (Lipinski definition) is 2. The number of pyridine rings is 1. The van der Waals surface area contributed by atoms with Gasteiger partial charge in [-0.05, 0) is 38.1 Å². The molecule has 0 saturated carbocycles. The Morgan fingerprint density at radius 3 is 2.63 bits per heavy atom. The number of methoxy groups -OCH3 is 2. The van der Waals surface area contributed by atoms with E-state index in [1.807, 2.05) is 38.2 Å². The molecular weight excluding hydrogens is 408 g/mol. The van der Waals surface area contributed by atoms with E-state index in [9.17, 15) is 0 Å². The van der Waals surface area contributed by atoms with Crippen molar-refractivity contribution in [3.05, 3.63) is 45.7 Å². The number of halogens is 1. The minimum atomic E-state index is 0.316. The highest BCUT2D eigenvalue weighted by Gasteiger charge is 2.21. The van der Waals surface area contributed by atoms with Gasteiger partial charge >= 0.3 is 0 Å². The molecule has 0 amide bonds. The third kappa shape index (κ3) is 4.78. The number of rotatable bonds is 9. The molecule has 1 aromatic heterocycles. The first-order chi connectivity index (χ1) is 13.0. The number of ether oxygens (including phenoxy) is 2. The quantitative estimate of drug-likeness (QED) is 0.581. The number of anilines is 2. The van der Waals surface area contributed by atoms with Crippen molar-refractivity contribution in [1.29, 1.82) is 5.41 Å². The zero-order chi connectivity index (χ0) is 20.0. The predicted molar refractivity (Wildman–Crippen MR) is 115 cm³/mol. The van der Waals surface area contributed by atoms with E-state index in [0.717, 1.165) is 34.6 Å². The summed E-state index contributed by atoms with van der Waals surface area (Å²) in [4.78, 5) is 6.89. The van der Waals surface area contributed by atoms with Gasteiger partial charge in [0.1, 0.15) is 11.4 Å². The Kier molecular flexibility index (Phi) is 7.62.